The molecule has 1 aliphatic carbocycles. The second kappa shape index (κ2) is 5.84. The molecule has 2 heterocycles. The molecule has 1 unspecified atom stereocenters. The molecule has 4 nitrogen and oxygen atoms in total. The average molecular weight is 277 g/mol. The molecule has 19 heavy (non-hydrogen) atoms. The van der Waals surface area contributed by atoms with Crippen molar-refractivity contribution in [1.29, 1.82) is 0 Å². The molecule has 3 rings (SSSR count). The molecule has 102 valence electrons. The summed E-state index contributed by atoms with van der Waals surface area (Å²) >= 11 is 1.71. The largest absolute Gasteiger partial charge is 0.338 e. The maximum Gasteiger partial charge on any atom is 0.243 e. The highest BCUT2D eigenvalue weighted by molar-refractivity contribution is 7.09. The molecule has 0 aromatic carbocycles. The molecule has 0 spiro atoms. The van der Waals surface area contributed by atoms with Gasteiger partial charge in [-0.1, -0.05) is 30.5 Å². The summed E-state index contributed by atoms with van der Waals surface area (Å²) in [4.78, 5) is 5.71. The van der Waals surface area contributed by atoms with Crippen molar-refractivity contribution >= 4 is 11.3 Å². The molecule has 5 heteroatoms. The van der Waals surface area contributed by atoms with Gasteiger partial charge in [0.05, 0.1) is 6.04 Å². The predicted octanol–water partition coefficient (Wildman–Crippen LogP) is 3.30. The first-order valence-electron chi connectivity index (χ1n) is 6.93. The Morgan fingerprint density at radius 2 is 2.21 bits per heavy atom. The van der Waals surface area contributed by atoms with Crippen LogP contribution in [0.3, 0.4) is 0 Å². The lowest BCUT2D eigenvalue weighted by Crippen LogP contribution is -2.23. The topological polar surface area (TPSA) is 64.9 Å². The van der Waals surface area contributed by atoms with Gasteiger partial charge in [0.1, 0.15) is 0 Å². The molecule has 1 aliphatic rings. The van der Waals surface area contributed by atoms with Crippen molar-refractivity contribution in [2.45, 2.75) is 44.6 Å². The van der Waals surface area contributed by atoms with Crippen molar-refractivity contribution in [1.82, 2.24) is 10.1 Å². The van der Waals surface area contributed by atoms with E-state index in [1.807, 2.05) is 6.07 Å². The second-order valence-corrected chi connectivity index (χ2v) is 6.26. The van der Waals surface area contributed by atoms with E-state index < -0.39 is 0 Å². The Labute approximate surface area is 117 Å². The number of nitrogens with two attached hydrogens (primary N) is 1. The van der Waals surface area contributed by atoms with Crippen LogP contribution in [-0.4, -0.2) is 10.1 Å². The number of thiophene rings is 1. The summed E-state index contributed by atoms with van der Waals surface area (Å²) in [6, 6.07) is 4.03. The van der Waals surface area contributed by atoms with E-state index in [0.717, 1.165) is 12.2 Å². The second-order valence-electron chi connectivity index (χ2n) is 5.23. The van der Waals surface area contributed by atoms with Gasteiger partial charge in [-0.3, -0.25) is 0 Å². The lowest BCUT2D eigenvalue weighted by molar-refractivity contribution is 0.255. The van der Waals surface area contributed by atoms with Crippen molar-refractivity contribution in [2.75, 3.05) is 0 Å². The molecular formula is C14H19N3OS. The molecule has 0 radical (unpaired) electrons. The van der Waals surface area contributed by atoms with Crippen LogP contribution >= 0.6 is 11.3 Å². The molecule has 1 saturated carbocycles. The molecule has 2 aromatic rings. The minimum atomic E-state index is -0.0927. The Bertz CT molecular complexity index is 503. The van der Waals surface area contributed by atoms with Crippen LogP contribution in [0.2, 0.25) is 0 Å². The van der Waals surface area contributed by atoms with Gasteiger partial charge in [-0.2, -0.15) is 4.98 Å². The van der Waals surface area contributed by atoms with E-state index in [1.54, 1.807) is 11.3 Å². The molecule has 1 atom stereocenters. The van der Waals surface area contributed by atoms with Crippen LogP contribution in [-0.2, 0) is 6.42 Å². The minimum Gasteiger partial charge on any atom is -0.338 e. The molecular weight excluding hydrogens is 258 g/mol. The van der Waals surface area contributed by atoms with Crippen LogP contribution < -0.4 is 5.73 Å². The smallest absolute Gasteiger partial charge is 0.243 e. The van der Waals surface area contributed by atoms with Crippen LogP contribution in [0.4, 0.5) is 0 Å². The first-order valence-corrected chi connectivity index (χ1v) is 7.81. The van der Waals surface area contributed by atoms with Gasteiger partial charge in [0.15, 0.2) is 5.82 Å². The summed E-state index contributed by atoms with van der Waals surface area (Å²) in [5.41, 5.74) is 6.26. The summed E-state index contributed by atoms with van der Waals surface area (Å²) in [6.07, 6.45) is 6.98. The zero-order chi connectivity index (χ0) is 13.1. The van der Waals surface area contributed by atoms with Crippen molar-refractivity contribution in [3.05, 3.63) is 34.1 Å². The Balaban J connectivity index is 1.66. The number of aromatic nitrogens is 2. The lowest BCUT2D eigenvalue weighted by atomic mass is 9.84. The Kier molecular flexibility index (Phi) is 3.94. The summed E-state index contributed by atoms with van der Waals surface area (Å²) in [6.45, 7) is 0. The fourth-order valence-electron chi connectivity index (χ4n) is 2.74. The zero-order valence-corrected chi connectivity index (χ0v) is 11.7. The molecule has 1 fully saturated rings. The van der Waals surface area contributed by atoms with Crippen LogP contribution in [0.25, 0.3) is 0 Å². The van der Waals surface area contributed by atoms with E-state index in [-0.39, 0.29) is 6.04 Å². The van der Waals surface area contributed by atoms with E-state index in [9.17, 15) is 0 Å². The van der Waals surface area contributed by atoms with Gasteiger partial charge in [0.2, 0.25) is 5.89 Å². The van der Waals surface area contributed by atoms with Crippen LogP contribution in [0.1, 0.15) is 54.7 Å². The number of rotatable bonds is 4. The molecule has 0 aliphatic heterocycles. The van der Waals surface area contributed by atoms with E-state index >= 15 is 0 Å². The predicted molar refractivity (Wildman–Crippen MR) is 74.9 cm³/mol. The Morgan fingerprint density at radius 1 is 1.37 bits per heavy atom. The van der Waals surface area contributed by atoms with E-state index in [0.29, 0.717) is 11.8 Å². The Hall–Kier alpha value is -1.20. The summed E-state index contributed by atoms with van der Waals surface area (Å²) in [5.74, 6) is 1.85. The summed E-state index contributed by atoms with van der Waals surface area (Å²) < 4.78 is 5.35. The number of nitrogens with zero attached hydrogens (tertiary/aromatic N) is 2. The fourth-order valence-corrected chi connectivity index (χ4v) is 3.44. The lowest BCUT2D eigenvalue weighted by Gasteiger charge is -2.24. The standard InChI is InChI=1S/C14H19N3OS/c15-13(10-5-2-1-3-6-10)14-16-12(17-18-14)9-11-7-4-8-19-11/h4,7-8,10,13H,1-3,5-6,9,15H2. The SMILES string of the molecule is NC(c1nc(Cc2cccs2)no1)C1CCCCC1. The van der Waals surface area contributed by atoms with E-state index in [4.69, 9.17) is 10.3 Å². The summed E-state index contributed by atoms with van der Waals surface area (Å²) in [5, 5.41) is 6.11. The first-order chi connectivity index (χ1) is 9.33. The highest BCUT2D eigenvalue weighted by Gasteiger charge is 2.26. The van der Waals surface area contributed by atoms with Gasteiger partial charge in [0.25, 0.3) is 0 Å². The quantitative estimate of drug-likeness (QED) is 0.931. The fraction of sp³-hybridized carbons (Fsp3) is 0.571. The van der Waals surface area contributed by atoms with Gasteiger partial charge < -0.3 is 10.3 Å². The van der Waals surface area contributed by atoms with Gasteiger partial charge in [-0.15, -0.1) is 11.3 Å². The van der Waals surface area contributed by atoms with Gasteiger partial charge >= 0.3 is 0 Å². The van der Waals surface area contributed by atoms with E-state index in [1.165, 1.54) is 37.0 Å². The van der Waals surface area contributed by atoms with E-state index in [2.05, 4.69) is 21.6 Å². The molecule has 0 saturated heterocycles. The maximum atomic E-state index is 6.26. The maximum absolute atomic E-state index is 6.26. The van der Waals surface area contributed by atoms with Crippen LogP contribution in [0.15, 0.2) is 22.0 Å². The molecule has 0 bridgehead atoms. The third kappa shape index (κ3) is 3.04. The van der Waals surface area contributed by atoms with Crippen molar-refractivity contribution in [3.8, 4) is 0 Å². The van der Waals surface area contributed by atoms with Gasteiger partial charge in [0, 0.05) is 11.3 Å². The first kappa shape index (κ1) is 12.8. The monoisotopic (exact) mass is 277 g/mol. The summed E-state index contributed by atoms with van der Waals surface area (Å²) in [7, 11) is 0. The molecule has 0 amide bonds. The van der Waals surface area contributed by atoms with Crippen molar-refractivity contribution < 1.29 is 4.52 Å². The zero-order valence-electron chi connectivity index (χ0n) is 10.9. The van der Waals surface area contributed by atoms with Gasteiger partial charge in [-0.25, -0.2) is 0 Å². The van der Waals surface area contributed by atoms with Crippen molar-refractivity contribution in [3.63, 3.8) is 0 Å². The molecule has 2 aromatic heterocycles. The average Bonchev–Trinajstić information content (AvgIpc) is 3.11. The van der Waals surface area contributed by atoms with Crippen molar-refractivity contribution in [2.24, 2.45) is 11.7 Å². The highest BCUT2D eigenvalue weighted by atomic mass is 32.1. The number of hydrogen-bond donors (Lipinski definition) is 1. The molecule has 2 N–H and O–H groups in total. The number of hydrogen-bond acceptors (Lipinski definition) is 5. The van der Waals surface area contributed by atoms with Crippen LogP contribution in [0, 0.1) is 5.92 Å². The third-order valence-corrected chi connectivity index (χ3v) is 4.72. The minimum absolute atomic E-state index is 0.0927. The highest BCUT2D eigenvalue weighted by Crippen LogP contribution is 2.32. The van der Waals surface area contributed by atoms with Crippen LogP contribution in [0.5, 0.6) is 0 Å². The Morgan fingerprint density at radius 3 is 2.95 bits per heavy atom. The normalized spacial score (nSPS) is 18.6. The third-order valence-electron chi connectivity index (χ3n) is 3.84. The van der Waals surface area contributed by atoms with Gasteiger partial charge in [-0.05, 0) is 30.2 Å².